The third kappa shape index (κ3) is 1.77. The fourth-order valence-corrected chi connectivity index (χ4v) is 3.63. The highest BCUT2D eigenvalue weighted by molar-refractivity contribution is 6.14. The summed E-state index contributed by atoms with van der Waals surface area (Å²) in [7, 11) is 0. The number of benzene rings is 1. The predicted octanol–water partition coefficient (Wildman–Crippen LogP) is 1.66. The SMILES string of the molecule is C=CCOC(=O)C1=C(C)NC(=O)[C@]12c1ccccc1-c1oc(N)nc12. The minimum atomic E-state index is -1.42. The first-order chi connectivity index (χ1) is 12.0. The third-order valence-corrected chi connectivity index (χ3v) is 4.50. The molecule has 7 heteroatoms. The van der Waals surface area contributed by atoms with E-state index in [0.717, 1.165) is 0 Å². The lowest BCUT2D eigenvalue weighted by Gasteiger charge is -2.24. The summed E-state index contributed by atoms with van der Waals surface area (Å²) in [6.45, 7) is 5.23. The molecule has 1 amide bonds. The summed E-state index contributed by atoms with van der Waals surface area (Å²) in [4.78, 5) is 30.0. The Morgan fingerprint density at radius 2 is 2.24 bits per heavy atom. The minimum absolute atomic E-state index is 0.0370. The number of ether oxygens (including phenoxy) is 1. The van der Waals surface area contributed by atoms with Gasteiger partial charge in [-0.3, -0.25) is 4.79 Å². The molecule has 2 heterocycles. The van der Waals surface area contributed by atoms with Crippen LogP contribution in [0.5, 0.6) is 0 Å². The summed E-state index contributed by atoms with van der Waals surface area (Å²) in [6, 6.07) is 7.14. The van der Waals surface area contributed by atoms with E-state index >= 15 is 0 Å². The number of amides is 1. The molecule has 0 radical (unpaired) electrons. The summed E-state index contributed by atoms with van der Waals surface area (Å²) < 4.78 is 10.7. The average molecular weight is 337 g/mol. The summed E-state index contributed by atoms with van der Waals surface area (Å²) in [6.07, 6.45) is 1.47. The minimum Gasteiger partial charge on any atom is -0.458 e. The van der Waals surface area contributed by atoms with Crippen molar-refractivity contribution >= 4 is 17.9 Å². The largest absolute Gasteiger partial charge is 0.458 e. The summed E-state index contributed by atoms with van der Waals surface area (Å²) in [5, 5.41) is 2.74. The summed E-state index contributed by atoms with van der Waals surface area (Å²) in [5.74, 6) is -0.595. The van der Waals surface area contributed by atoms with Gasteiger partial charge in [-0.15, -0.1) is 0 Å². The van der Waals surface area contributed by atoms with Crippen molar-refractivity contribution in [1.29, 1.82) is 0 Å². The second-order valence-corrected chi connectivity index (χ2v) is 5.87. The highest BCUT2D eigenvalue weighted by Crippen LogP contribution is 2.55. The van der Waals surface area contributed by atoms with Crippen LogP contribution in [0.25, 0.3) is 11.3 Å². The van der Waals surface area contributed by atoms with E-state index in [0.29, 0.717) is 28.3 Å². The van der Waals surface area contributed by atoms with Gasteiger partial charge in [0, 0.05) is 11.3 Å². The van der Waals surface area contributed by atoms with E-state index in [4.69, 9.17) is 14.9 Å². The molecule has 3 N–H and O–H groups in total. The molecule has 2 aromatic rings. The van der Waals surface area contributed by atoms with Gasteiger partial charge < -0.3 is 20.2 Å². The van der Waals surface area contributed by atoms with Crippen LogP contribution in [-0.2, 0) is 19.7 Å². The summed E-state index contributed by atoms with van der Waals surface area (Å²) in [5.41, 5.74) is 6.53. The van der Waals surface area contributed by atoms with Crippen molar-refractivity contribution in [2.24, 2.45) is 0 Å². The number of esters is 1. The number of nitrogens with one attached hydrogen (secondary N) is 1. The molecule has 4 rings (SSSR count). The Morgan fingerprint density at radius 1 is 1.48 bits per heavy atom. The van der Waals surface area contributed by atoms with Crippen molar-refractivity contribution in [3.63, 3.8) is 0 Å². The van der Waals surface area contributed by atoms with E-state index in [1.54, 1.807) is 25.1 Å². The number of nitrogen functional groups attached to an aromatic ring is 1. The predicted molar refractivity (Wildman–Crippen MR) is 89.1 cm³/mol. The van der Waals surface area contributed by atoms with Crippen molar-refractivity contribution in [1.82, 2.24) is 10.3 Å². The van der Waals surface area contributed by atoms with Crippen LogP contribution in [0.2, 0.25) is 0 Å². The van der Waals surface area contributed by atoms with Gasteiger partial charge in [0.05, 0.1) is 5.57 Å². The van der Waals surface area contributed by atoms with Crippen molar-refractivity contribution in [2.45, 2.75) is 12.3 Å². The van der Waals surface area contributed by atoms with Gasteiger partial charge in [-0.2, -0.15) is 4.98 Å². The number of allylic oxidation sites excluding steroid dienone is 1. The molecule has 1 spiro atoms. The first kappa shape index (κ1) is 15.2. The average Bonchev–Trinajstić information content (AvgIpc) is 3.17. The number of aromatic nitrogens is 1. The van der Waals surface area contributed by atoms with E-state index < -0.39 is 11.4 Å². The zero-order valence-electron chi connectivity index (χ0n) is 13.5. The number of nitrogens with two attached hydrogens (primary N) is 1. The number of fused-ring (bicyclic) bond motifs is 5. The molecule has 2 aliphatic rings. The van der Waals surface area contributed by atoms with Crippen LogP contribution in [-0.4, -0.2) is 23.5 Å². The monoisotopic (exact) mass is 337 g/mol. The van der Waals surface area contributed by atoms with E-state index in [9.17, 15) is 9.59 Å². The Labute approximate surface area is 143 Å². The number of hydrogen-bond acceptors (Lipinski definition) is 6. The van der Waals surface area contributed by atoms with Gasteiger partial charge in [0.1, 0.15) is 12.3 Å². The Balaban J connectivity index is 2.02. The highest BCUT2D eigenvalue weighted by atomic mass is 16.5. The second kappa shape index (κ2) is 5.07. The number of carbonyl (C=O) groups excluding carboxylic acids is 2. The highest BCUT2D eigenvalue weighted by Gasteiger charge is 2.61. The lowest BCUT2D eigenvalue weighted by atomic mass is 9.75. The Hall–Kier alpha value is -3.35. The quantitative estimate of drug-likeness (QED) is 0.651. The number of carbonyl (C=O) groups is 2. The molecule has 0 saturated carbocycles. The maximum Gasteiger partial charge on any atom is 0.337 e. The molecule has 1 aromatic carbocycles. The van der Waals surface area contributed by atoms with Crippen molar-refractivity contribution in [3.8, 4) is 11.3 Å². The molecule has 7 nitrogen and oxygen atoms in total. The Bertz CT molecular complexity index is 972. The zero-order chi connectivity index (χ0) is 17.8. The maximum atomic E-state index is 13.0. The number of rotatable bonds is 3. The molecule has 126 valence electrons. The van der Waals surface area contributed by atoms with Crippen LogP contribution in [0.1, 0.15) is 18.2 Å². The first-order valence-corrected chi connectivity index (χ1v) is 7.69. The van der Waals surface area contributed by atoms with Gasteiger partial charge >= 0.3 is 5.97 Å². The number of hydrogen-bond donors (Lipinski definition) is 2. The van der Waals surface area contributed by atoms with Crippen molar-refractivity contribution in [3.05, 3.63) is 59.4 Å². The van der Waals surface area contributed by atoms with Crippen LogP contribution in [0, 0.1) is 0 Å². The number of oxazole rings is 1. The van der Waals surface area contributed by atoms with Gasteiger partial charge in [0.25, 0.3) is 6.01 Å². The van der Waals surface area contributed by atoms with Crippen LogP contribution in [0.15, 0.2) is 52.6 Å². The lowest BCUT2D eigenvalue weighted by Crippen LogP contribution is -2.40. The fourth-order valence-electron chi connectivity index (χ4n) is 3.63. The van der Waals surface area contributed by atoms with Crippen molar-refractivity contribution < 1.29 is 18.7 Å². The molecule has 0 unspecified atom stereocenters. The lowest BCUT2D eigenvalue weighted by molar-refractivity contribution is -0.139. The second-order valence-electron chi connectivity index (χ2n) is 5.87. The topological polar surface area (TPSA) is 107 Å². The van der Waals surface area contributed by atoms with Crippen LogP contribution >= 0.6 is 0 Å². The first-order valence-electron chi connectivity index (χ1n) is 7.69. The van der Waals surface area contributed by atoms with Crippen LogP contribution < -0.4 is 11.1 Å². The molecule has 25 heavy (non-hydrogen) atoms. The van der Waals surface area contributed by atoms with Gasteiger partial charge in [0.15, 0.2) is 11.2 Å². The standard InChI is InChI=1S/C18H15N3O4/c1-3-8-24-15(22)12-9(2)20-16(23)18(12)11-7-5-4-6-10(11)13-14(18)21-17(19)25-13/h3-7H,1,8H2,2H3,(H2,19,21)(H,20,23)/t18-/m1/s1. The Kier molecular flexibility index (Phi) is 3.08. The van der Waals surface area contributed by atoms with E-state index in [1.165, 1.54) is 6.08 Å². The molecule has 1 aromatic heterocycles. The number of nitrogens with zero attached hydrogens (tertiary/aromatic N) is 1. The zero-order valence-corrected chi connectivity index (χ0v) is 13.5. The Morgan fingerprint density at radius 3 is 3.00 bits per heavy atom. The van der Waals surface area contributed by atoms with Crippen LogP contribution in [0.3, 0.4) is 0 Å². The van der Waals surface area contributed by atoms with Gasteiger partial charge in [-0.1, -0.05) is 36.9 Å². The van der Waals surface area contributed by atoms with Gasteiger partial charge in [-0.25, -0.2) is 4.79 Å². The smallest absolute Gasteiger partial charge is 0.337 e. The van der Waals surface area contributed by atoms with Gasteiger partial charge in [-0.05, 0) is 12.5 Å². The van der Waals surface area contributed by atoms with Gasteiger partial charge in [0.2, 0.25) is 5.91 Å². The molecular weight excluding hydrogens is 322 g/mol. The van der Waals surface area contributed by atoms with E-state index in [2.05, 4.69) is 16.9 Å². The molecular formula is C18H15N3O4. The van der Waals surface area contributed by atoms with E-state index in [1.807, 2.05) is 6.07 Å². The van der Waals surface area contributed by atoms with E-state index in [-0.39, 0.29) is 24.1 Å². The molecule has 0 fully saturated rings. The van der Waals surface area contributed by atoms with Crippen molar-refractivity contribution in [2.75, 3.05) is 12.3 Å². The molecule has 1 aliphatic carbocycles. The third-order valence-electron chi connectivity index (χ3n) is 4.50. The maximum absolute atomic E-state index is 13.0. The molecule has 1 atom stereocenters. The number of anilines is 1. The normalized spacial score (nSPS) is 20.4. The fraction of sp³-hybridized carbons (Fsp3) is 0.167. The summed E-state index contributed by atoms with van der Waals surface area (Å²) >= 11 is 0. The molecule has 0 bridgehead atoms. The molecule has 0 saturated heterocycles. The van der Waals surface area contributed by atoms with Crippen LogP contribution in [0.4, 0.5) is 6.01 Å². The molecule has 1 aliphatic heterocycles.